The number of thiophene rings is 1. The molecule has 1 saturated heterocycles. The van der Waals surface area contributed by atoms with Crippen molar-refractivity contribution in [3.05, 3.63) is 10.9 Å². The van der Waals surface area contributed by atoms with Crippen molar-refractivity contribution in [1.82, 2.24) is 4.98 Å². The number of carbonyl (C=O) groups excluding carboxylic acids is 1. The number of ether oxygens (including phenoxy) is 1. The van der Waals surface area contributed by atoms with Crippen LogP contribution in [0.3, 0.4) is 0 Å². The number of aromatic nitrogens is 1. The monoisotopic (exact) mass is 389 g/mol. The number of nitrogens with two attached hydrogens (primary N) is 1. The standard InChI is InChI=1S/C15H14F3N3O4S/c16-15(17,18)6-25-8-5-9(21-3-1-7(22)2-4-21)20-13-10(8)11(19)12(26-13)14(23)24/h5H,1-4,6,19H2,(H,23,24). The van der Waals surface area contributed by atoms with Gasteiger partial charge in [0.15, 0.2) is 6.61 Å². The van der Waals surface area contributed by atoms with Crippen molar-refractivity contribution in [2.45, 2.75) is 19.0 Å². The molecule has 0 atom stereocenters. The zero-order valence-electron chi connectivity index (χ0n) is 13.3. The molecule has 2 aromatic heterocycles. The van der Waals surface area contributed by atoms with Gasteiger partial charge in [0.2, 0.25) is 0 Å². The molecule has 0 aliphatic carbocycles. The van der Waals surface area contributed by atoms with Gasteiger partial charge in [0.1, 0.15) is 27.1 Å². The molecular formula is C15H14F3N3O4S. The molecule has 7 nitrogen and oxygen atoms in total. The molecule has 1 aliphatic rings. The van der Waals surface area contributed by atoms with E-state index in [2.05, 4.69) is 4.98 Å². The summed E-state index contributed by atoms with van der Waals surface area (Å²) < 4.78 is 42.6. The van der Waals surface area contributed by atoms with Gasteiger partial charge in [-0.1, -0.05) is 0 Å². The Morgan fingerprint density at radius 2 is 2.04 bits per heavy atom. The van der Waals surface area contributed by atoms with Gasteiger partial charge in [-0.05, 0) is 0 Å². The number of alkyl halides is 3. The van der Waals surface area contributed by atoms with Crippen molar-refractivity contribution in [2.75, 3.05) is 30.3 Å². The normalized spacial score (nSPS) is 15.5. The minimum absolute atomic E-state index is 0.0495. The number of rotatable bonds is 4. The number of carboxylic acids is 1. The molecule has 1 fully saturated rings. The first kappa shape index (κ1) is 18.2. The fraction of sp³-hybridized carbons (Fsp3) is 0.400. The first-order chi connectivity index (χ1) is 12.2. The van der Waals surface area contributed by atoms with E-state index in [-0.39, 0.29) is 32.3 Å². The smallest absolute Gasteiger partial charge is 0.422 e. The number of aromatic carboxylic acids is 1. The van der Waals surface area contributed by atoms with Crippen molar-refractivity contribution >= 4 is 44.8 Å². The molecule has 0 saturated carbocycles. The quantitative estimate of drug-likeness (QED) is 0.828. The van der Waals surface area contributed by atoms with E-state index in [0.717, 1.165) is 11.3 Å². The Hall–Kier alpha value is -2.56. The number of pyridine rings is 1. The number of carbonyl (C=O) groups is 2. The number of piperidine rings is 1. The van der Waals surface area contributed by atoms with Crippen LogP contribution in [0.2, 0.25) is 0 Å². The molecule has 11 heteroatoms. The number of Topliss-reactive ketones (excluding diaryl/α,β-unsaturated/α-hetero) is 1. The molecule has 0 unspecified atom stereocenters. The Morgan fingerprint density at radius 1 is 1.38 bits per heavy atom. The van der Waals surface area contributed by atoms with Crippen LogP contribution in [0.15, 0.2) is 6.07 Å². The molecule has 3 heterocycles. The second kappa shape index (κ2) is 6.63. The highest BCUT2D eigenvalue weighted by Gasteiger charge is 2.30. The molecule has 140 valence electrons. The lowest BCUT2D eigenvalue weighted by Crippen LogP contribution is -2.34. The zero-order chi connectivity index (χ0) is 19.1. The number of hydrogen-bond donors (Lipinski definition) is 2. The van der Waals surface area contributed by atoms with Gasteiger partial charge in [-0.2, -0.15) is 13.2 Å². The zero-order valence-corrected chi connectivity index (χ0v) is 14.1. The van der Waals surface area contributed by atoms with Crippen LogP contribution in [0, 0.1) is 0 Å². The van der Waals surface area contributed by atoms with Gasteiger partial charge in [-0.25, -0.2) is 9.78 Å². The number of ketones is 1. The van der Waals surface area contributed by atoms with E-state index in [4.69, 9.17) is 10.5 Å². The molecule has 0 amide bonds. The molecule has 0 radical (unpaired) electrons. The number of carboxylic acid groups (broad SMARTS) is 1. The van der Waals surface area contributed by atoms with Gasteiger partial charge in [0.25, 0.3) is 0 Å². The highest BCUT2D eigenvalue weighted by atomic mass is 32.1. The predicted octanol–water partition coefficient (Wildman–Crippen LogP) is 2.69. The summed E-state index contributed by atoms with van der Waals surface area (Å²) in [4.78, 5) is 28.7. The third kappa shape index (κ3) is 3.66. The molecule has 0 bridgehead atoms. The van der Waals surface area contributed by atoms with Gasteiger partial charge < -0.3 is 20.5 Å². The molecule has 3 N–H and O–H groups in total. The van der Waals surface area contributed by atoms with Crippen LogP contribution in [0.1, 0.15) is 22.5 Å². The van der Waals surface area contributed by atoms with E-state index in [9.17, 15) is 27.9 Å². The van der Waals surface area contributed by atoms with Crippen molar-refractivity contribution < 1.29 is 32.6 Å². The summed E-state index contributed by atoms with van der Waals surface area (Å²) >= 11 is 0.768. The van der Waals surface area contributed by atoms with E-state index < -0.39 is 18.8 Å². The Balaban J connectivity index is 2.07. The third-order valence-corrected chi connectivity index (χ3v) is 4.97. The molecule has 0 spiro atoms. The van der Waals surface area contributed by atoms with E-state index in [1.54, 1.807) is 4.90 Å². The van der Waals surface area contributed by atoms with Crippen molar-refractivity contribution in [3.8, 4) is 5.75 Å². The van der Waals surface area contributed by atoms with Crippen LogP contribution in [-0.2, 0) is 4.79 Å². The minimum atomic E-state index is -4.56. The first-order valence-corrected chi connectivity index (χ1v) is 8.40. The number of anilines is 2. The summed E-state index contributed by atoms with van der Waals surface area (Å²) in [6.07, 6.45) is -3.94. The predicted molar refractivity (Wildman–Crippen MR) is 89.0 cm³/mol. The highest BCUT2D eigenvalue weighted by Crippen LogP contribution is 2.41. The summed E-state index contributed by atoms with van der Waals surface area (Å²) in [5, 5.41) is 9.25. The molecule has 1 aliphatic heterocycles. The summed E-state index contributed by atoms with van der Waals surface area (Å²) in [6.45, 7) is -0.785. The highest BCUT2D eigenvalue weighted by molar-refractivity contribution is 7.21. The van der Waals surface area contributed by atoms with Crippen molar-refractivity contribution in [1.29, 1.82) is 0 Å². The molecule has 26 heavy (non-hydrogen) atoms. The molecule has 2 aromatic rings. The van der Waals surface area contributed by atoms with Gasteiger partial charge in [0, 0.05) is 32.0 Å². The average molecular weight is 389 g/mol. The third-order valence-electron chi connectivity index (χ3n) is 3.88. The number of fused-ring (bicyclic) bond motifs is 1. The molecule has 3 rings (SSSR count). The first-order valence-electron chi connectivity index (χ1n) is 7.58. The van der Waals surface area contributed by atoms with Gasteiger partial charge in [-0.15, -0.1) is 11.3 Å². The van der Waals surface area contributed by atoms with Gasteiger partial charge >= 0.3 is 12.1 Å². The number of hydrogen-bond acceptors (Lipinski definition) is 7. The molecular weight excluding hydrogens is 375 g/mol. The summed E-state index contributed by atoms with van der Waals surface area (Å²) in [5.41, 5.74) is 5.62. The lowest BCUT2D eigenvalue weighted by Gasteiger charge is -2.27. The van der Waals surface area contributed by atoms with Crippen molar-refractivity contribution in [3.63, 3.8) is 0 Å². The second-order valence-corrected chi connectivity index (χ2v) is 6.74. The maximum Gasteiger partial charge on any atom is 0.422 e. The van der Waals surface area contributed by atoms with E-state index in [1.165, 1.54) is 6.07 Å². The van der Waals surface area contributed by atoms with Crippen LogP contribution in [0.4, 0.5) is 24.7 Å². The number of nitrogens with zero attached hydrogens (tertiary/aromatic N) is 2. The van der Waals surface area contributed by atoms with Crippen LogP contribution < -0.4 is 15.4 Å². The second-order valence-electron chi connectivity index (χ2n) is 5.74. The Kier molecular flexibility index (Phi) is 4.65. The van der Waals surface area contributed by atoms with E-state index in [1.807, 2.05) is 0 Å². The Bertz CT molecular complexity index is 871. The number of nitrogen functional groups attached to an aromatic ring is 1. The number of halogens is 3. The van der Waals surface area contributed by atoms with Crippen molar-refractivity contribution in [2.24, 2.45) is 0 Å². The SMILES string of the molecule is Nc1c(C(=O)O)sc2nc(N3CCC(=O)CC3)cc(OCC(F)(F)F)c12. The Morgan fingerprint density at radius 3 is 2.62 bits per heavy atom. The fourth-order valence-corrected chi connectivity index (χ4v) is 3.60. The lowest BCUT2D eigenvalue weighted by atomic mass is 10.1. The maximum atomic E-state index is 12.6. The lowest BCUT2D eigenvalue weighted by molar-refractivity contribution is -0.153. The average Bonchev–Trinajstić information content (AvgIpc) is 2.90. The van der Waals surface area contributed by atoms with Gasteiger partial charge in [0.05, 0.1) is 11.1 Å². The van der Waals surface area contributed by atoms with Crippen LogP contribution in [-0.4, -0.2) is 47.7 Å². The summed E-state index contributed by atoms with van der Waals surface area (Å²) in [7, 11) is 0. The maximum absolute atomic E-state index is 12.6. The van der Waals surface area contributed by atoms with Gasteiger partial charge in [-0.3, -0.25) is 4.79 Å². The van der Waals surface area contributed by atoms with Crippen LogP contribution in [0.5, 0.6) is 5.75 Å². The molecule has 0 aromatic carbocycles. The minimum Gasteiger partial charge on any atom is -0.483 e. The summed E-state index contributed by atoms with van der Waals surface area (Å²) in [5.74, 6) is -1.05. The summed E-state index contributed by atoms with van der Waals surface area (Å²) in [6, 6.07) is 1.30. The van der Waals surface area contributed by atoms with Crippen LogP contribution >= 0.6 is 11.3 Å². The van der Waals surface area contributed by atoms with E-state index in [0.29, 0.717) is 31.7 Å². The largest absolute Gasteiger partial charge is 0.483 e. The van der Waals surface area contributed by atoms with Crippen LogP contribution in [0.25, 0.3) is 10.2 Å². The van der Waals surface area contributed by atoms with E-state index >= 15 is 0 Å². The Labute approximate surface area is 149 Å². The topological polar surface area (TPSA) is 106 Å². The fourth-order valence-electron chi connectivity index (χ4n) is 2.65.